The van der Waals surface area contributed by atoms with Crippen LogP contribution in [0.4, 0.5) is 4.79 Å². The number of carboxylic acids is 1. The molecule has 3 aromatic rings. The first kappa shape index (κ1) is 26.5. The largest absolute Gasteiger partial charge is 0.481 e. The lowest BCUT2D eigenvalue weighted by Crippen LogP contribution is -2.51. The minimum Gasteiger partial charge on any atom is -0.481 e. The van der Waals surface area contributed by atoms with Gasteiger partial charge in [-0.3, -0.25) is 9.59 Å². The molecule has 3 N–H and O–H groups in total. The van der Waals surface area contributed by atoms with Crippen molar-refractivity contribution >= 4 is 40.6 Å². The topological polar surface area (TPSA) is 117 Å². The van der Waals surface area contributed by atoms with E-state index in [-0.39, 0.29) is 19.1 Å². The maximum absolute atomic E-state index is 13.7. The molecule has 3 amide bonds. The zero-order valence-electron chi connectivity index (χ0n) is 20.3. The summed E-state index contributed by atoms with van der Waals surface area (Å²) in [4.78, 5) is 42.1. The van der Waals surface area contributed by atoms with Crippen molar-refractivity contribution in [2.45, 2.75) is 51.4 Å². The molecule has 4 rings (SSSR count). The lowest BCUT2D eigenvalue weighted by molar-refractivity contribution is -0.137. The molecule has 1 aliphatic rings. The predicted octanol–water partition coefficient (Wildman–Crippen LogP) is 4.75. The van der Waals surface area contributed by atoms with E-state index < -0.39 is 24.1 Å². The Morgan fingerprint density at radius 3 is 2.27 bits per heavy atom. The summed E-state index contributed by atoms with van der Waals surface area (Å²) in [6.07, 6.45) is 0.802. The van der Waals surface area contributed by atoms with Crippen LogP contribution in [0.1, 0.15) is 47.5 Å². The van der Waals surface area contributed by atoms with Crippen LogP contribution in [0, 0.1) is 0 Å². The summed E-state index contributed by atoms with van der Waals surface area (Å²) in [6, 6.07) is 10.7. The van der Waals surface area contributed by atoms with Crippen molar-refractivity contribution in [3.05, 3.63) is 68.5 Å². The van der Waals surface area contributed by atoms with Gasteiger partial charge in [-0.2, -0.15) is 0 Å². The van der Waals surface area contributed by atoms with Gasteiger partial charge >= 0.3 is 12.0 Å². The van der Waals surface area contributed by atoms with E-state index in [1.165, 1.54) is 0 Å². The number of rotatable bonds is 12. The highest BCUT2D eigenvalue weighted by Gasteiger charge is 2.28. The summed E-state index contributed by atoms with van der Waals surface area (Å²) in [5.74, 6) is -0.196. The number of nitrogens with one attached hydrogen (secondary N) is 2. The molecule has 2 aromatic heterocycles. The Bertz CT molecular complexity index is 1160. The maximum atomic E-state index is 13.7. The van der Waals surface area contributed by atoms with Crippen LogP contribution in [-0.4, -0.2) is 40.7 Å². The van der Waals surface area contributed by atoms with Gasteiger partial charge in [0.25, 0.3) is 0 Å². The van der Waals surface area contributed by atoms with Gasteiger partial charge in [-0.1, -0.05) is 31.5 Å². The van der Waals surface area contributed by atoms with Crippen molar-refractivity contribution < 1.29 is 29.0 Å². The van der Waals surface area contributed by atoms with Gasteiger partial charge in [-0.25, -0.2) is 4.79 Å². The van der Waals surface area contributed by atoms with Gasteiger partial charge in [0.1, 0.15) is 6.04 Å². The van der Waals surface area contributed by atoms with Crippen LogP contribution in [0.15, 0.2) is 53.2 Å². The molecule has 0 saturated carbocycles. The molecule has 0 spiro atoms. The summed E-state index contributed by atoms with van der Waals surface area (Å²) in [7, 11) is 0. The quantitative estimate of drug-likeness (QED) is 0.304. The van der Waals surface area contributed by atoms with Gasteiger partial charge in [0.2, 0.25) is 12.7 Å². The van der Waals surface area contributed by atoms with Crippen molar-refractivity contribution in [3.8, 4) is 11.5 Å². The lowest BCUT2D eigenvalue weighted by Gasteiger charge is -2.28. The van der Waals surface area contributed by atoms with Crippen LogP contribution >= 0.6 is 22.7 Å². The SMILES string of the molecule is CCC[C@H](NC(=O)N[C@@H](CC(=O)O)c1ccc2c(c1)OCO2)C(=O)N(Cc1cccs1)Cc1cccs1. The molecule has 37 heavy (non-hydrogen) atoms. The number of carbonyl (C=O) groups is 3. The fourth-order valence-corrected chi connectivity index (χ4v) is 5.51. The molecule has 0 saturated heterocycles. The van der Waals surface area contributed by atoms with E-state index in [2.05, 4.69) is 10.6 Å². The first-order chi connectivity index (χ1) is 17.9. The number of hydrogen-bond donors (Lipinski definition) is 3. The molecule has 11 heteroatoms. The van der Waals surface area contributed by atoms with Crippen molar-refractivity contribution in [2.75, 3.05) is 6.79 Å². The first-order valence-corrected chi connectivity index (χ1v) is 13.7. The number of ether oxygens (including phenoxy) is 2. The molecule has 0 radical (unpaired) electrons. The Morgan fingerprint density at radius 2 is 1.68 bits per heavy atom. The van der Waals surface area contributed by atoms with Crippen molar-refractivity contribution in [3.63, 3.8) is 0 Å². The van der Waals surface area contributed by atoms with Gasteiger partial charge in [0.05, 0.1) is 25.6 Å². The van der Waals surface area contributed by atoms with Gasteiger partial charge in [0, 0.05) is 9.75 Å². The number of urea groups is 1. The molecule has 1 aliphatic heterocycles. The van der Waals surface area contributed by atoms with Gasteiger partial charge in [-0.05, 0) is 47.0 Å². The summed E-state index contributed by atoms with van der Waals surface area (Å²) < 4.78 is 10.7. The molecular weight excluding hydrogens is 514 g/mol. The van der Waals surface area contributed by atoms with Crippen molar-refractivity contribution in [2.24, 2.45) is 0 Å². The van der Waals surface area contributed by atoms with Gasteiger partial charge < -0.3 is 30.1 Å². The Morgan fingerprint density at radius 1 is 1.00 bits per heavy atom. The number of nitrogens with zero attached hydrogens (tertiary/aromatic N) is 1. The first-order valence-electron chi connectivity index (χ1n) is 11.9. The minimum atomic E-state index is -1.07. The fourth-order valence-electron chi connectivity index (χ4n) is 4.07. The van der Waals surface area contributed by atoms with Crippen LogP contribution in [0.5, 0.6) is 11.5 Å². The minimum absolute atomic E-state index is 0.0878. The lowest BCUT2D eigenvalue weighted by atomic mass is 10.0. The molecule has 0 unspecified atom stereocenters. The number of benzene rings is 1. The van der Waals surface area contributed by atoms with Crippen LogP contribution < -0.4 is 20.1 Å². The summed E-state index contributed by atoms with van der Waals surface area (Å²) in [5, 5.41) is 18.9. The second-order valence-corrected chi connectivity index (χ2v) is 10.6. The smallest absolute Gasteiger partial charge is 0.315 e. The second kappa shape index (κ2) is 12.6. The Balaban J connectivity index is 1.48. The predicted molar refractivity (Wildman–Crippen MR) is 141 cm³/mol. The number of thiophene rings is 2. The molecule has 196 valence electrons. The second-order valence-electron chi connectivity index (χ2n) is 8.58. The zero-order chi connectivity index (χ0) is 26.2. The highest BCUT2D eigenvalue weighted by molar-refractivity contribution is 7.10. The molecule has 2 atom stereocenters. The molecular formula is C26H29N3O6S2. The van der Waals surface area contributed by atoms with Crippen LogP contribution in [0.25, 0.3) is 0 Å². The highest BCUT2D eigenvalue weighted by atomic mass is 32.1. The molecule has 0 aliphatic carbocycles. The normalized spacial score (nSPS) is 13.5. The van der Waals surface area contributed by atoms with Gasteiger partial charge in [0.15, 0.2) is 11.5 Å². The number of amides is 3. The monoisotopic (exact) mass is 543 g/mol. The standard InChI is InChI=1S/C26H29N3O6S2/c1-2-5-20(25(32)29(14-18-6-3-10-36-18)15-19-7-4-11-37-19)27-26(33)28-21(13-24(30)31)17-8-9-22-23(12-17)35-16-34-22/h3-4,6-12,20-21H,2,5,13-16H2,1H3,(H,30,31)(H2,27,28,33)/t20-,21-/m0/s1. The molecule has 1 aromatic carbocycles. The summed E-state index contributed by atoms with van der Waals surface area (Å²) in [6.45, 7) is 2.92. The zero-order valence-corrected chi connectivity index (χ0v) is 22.0. The number of carbonyl (C=O) groups excluding carboxylic acids is 2. The van der Waals surface area contributed by atoms with E-state index in [1.54, 1.807) is 45.8 Å². The highest BCUT2D eigenvalue weighted by Crippen LogP contribution is 2.34. The van der Waals surface area contributed by atoms with Crippen LogP contribution in [-0.2, 0) is 22.7 Å². The van der Waals surface area contributed by atoms with E-state index >= 15 is 0 Å². The summed E-state index contributed by atoms with van der Waals surface area (Å²) >= 11 is 3.15. The number of hydrogen-bond acceptors (Lipinski definition) is 7. The van der Waals surface area contributed by atoms with E-state index in [0.717, 1.165) is 9.75 Å². The van der Waals surface area contributed by atoms with Gasteiger partial charge in [-0.15, -0.1) is 22.7 Å². The molecule has 0 fully saturated rings. The molecule has 3 heterocycles. The van der Waals surface area contributed by atoms with E-state index in [4.69, 9.17) is 9.47 Å². The van der Waals surface area contributed by atoms with E-state index in [0.29, 0.717) is 43.0 Å². The van der Waals surface area contributed by atoms with Crippen LogP contribution in [0.3, 0.4) is 0 Å². The average Bonchev–Trinajstić information content (AvgIpc) is 3.65. The van der Waals surface area contributed by atoms with Crippen molar-refractivity contribution in [1.29, 1.82) is 0 Å². The third-order valence-electron chi connectivity index (χ3n) is 5.83. The van der Waals surface area contributed by atoms with Crippen LogP contribution in [0.2, 0.25) is 0 Å². The van der Waals surface area contributed by atoms with E-state index in [9.17, 15) is 19.5 Å². The summed E-state index contributed by atoms with van der Waals surface area (Å²) in [5.41, 5.74) is 0.567. The molecule has 9 nitrogen and oxygen atoms in total. The maximum Gasteiger partial charge on any atom is 0.315 e. The number of aliphatic carboxylic acids is 1. The third-order valence-corrected chi connectivity index (χ3v) is 7.55. The fraction of sp³-hybridized carbons (Fsp3) is 0.346. The van der Waals surface area contributed by atoms with E-state index in [1.807, 2.05) is 41.9 Å². The Labute approximate surface area is 223 Å². The Hall–Kier alpha value is -3.57. The third kappa shape index (κ3) is 7.23. The molecule has 0 bridgehead atoms. The van der Waals surface area contributed by atoms with Crippen molar-refractivity contribution in [1.82, 2.24) is 15.5 Å². The number of carboxylic acid groups (broad SMARTS) is 1. The Kier molecular flexibility index (Phi) is 9.02. The number of fused-ring (bicyclic) bond motifs is 1. The average molecular weight is 544 g/mol.